The zero-order valence-corrected chi connectivity index (χ0v) is 12.0. The van der Waals surface area contributed by atoms with Crippen molar-refractivity contribution in [2.24, 2.45) is 7.05 Å². The first-order chi connectivity index (χ1) is 10.5. The van der Waals surface area contributed by atoms with Crippen LogP contribution >= 0.6 is 0 Å². The molecular formula is C15H15FN4O2. The quantitative estimate of drug-likeness (QED) is 0.924. The summed E-state index contributed by atoms with van der Waals surface area (Å²) in [6, 6.07) is 4.89. The van der Waals surface area contributed by atoms with Crippen LogP contribution in [0.25, 0.3) is 17.0 Å². The molecule has 2 heterocycles. The highest BCUT2D eigenvalue weighted by molar-refractivity contribution is 5.72. The molecule has 0 spiro atoms. The molecule has 1 aliphatic rings. The number of amides is 1. The van der Waals surface area contributed by atoms with E-state index in [-0.39, 0.29) is 12.4 Å². The molecule has 2 aromatic rings. The topological polar surface area (TPSA) is 71.2 Å². The van der Waals surface area contributed by atoms with Gasteiger partial charge in [0.25, 0.3) is 0 Å². The molecule has 1 amide bonds. The van der Waals surface area contributed by atoms with E-state index < -0.39 is 6.09 Å². The molecule has 1 aliphatic heterocycles. The Hall–Kier alpha value is -2.70. The van der Waals surface area contributed by atoms with Crippen molar-refractivity contribution in [2.45, 2.75) is 6.42 Å². The fourth-order valence-electron chi connectivity index (χ4n) is 2.47. The van der Waals surface area contributed by atoms with Gasteiger partial charge in [-0.05, 0) is 18.1 Å². The molecule has 7 heteroatoms. The second kappa shape index (κ2) is 5.59. The number of carboxylic acid groups (broad SMARTS) is 1. The third-order valence-electron chi connectivity index (χ3n) is 3.65. The molecule has 0 saturated carbocycles. The highest BCUT2D eigenvalue weighted by atomic mass is 19.1. The third-order valence-corrected chi connectivity index (χ3v) is 3.65. The van der Waals surface area contributed by atoms with Gasteiger partial charge in [-0.2, -0.15) is 5.10 Å². The van der Waals surface area contributed by atoms with Gasteiger partial charge in [0.05, 0.1) is 0 Å². The summed E-state index contributed by atoms with van der Waals surface area (Å²) in [5.74, 6) is 0.127. The van der Waals surface area contributed by atoms with Crippen LogP contribution in [0.15, 0.2) is 30.6 Å². The van der Waals surface area contributed by atoms with E-state index in [2.05, 4.69) is 10.1 Å². The summed E-state index contributed by atoms with van der Waals surface area (Å²) in [4.78, 5) is 16.3. The maximum absolute atomic E-state index is 14.3. The molecule has 0 unspecified atom stereocenters. The van der Waals surface area contributed by atoms with E-state index in [1.807, 2.05) is 0 Å². The Morgan fingerprint density at radius 1 is 1.41 bits per heavy atom. The molecule has 0 aliphatic carbocycles. The first-order valence-corrected chi connectivity index (χ1v) is 6.87. The lowest BCUT2D eigenvalue weighted by Crippen LogP contribution is -2.33. The molecule has 0 radical (unpaired) electrons. The van der Waals surface area contributed by atoms with Crippen LogP contribution < -0.4 is 0 Å². The molecule has 3 rings (SSSR count). The van der Waals surface area contributed by atoms with E-state index in [0.717, 1.165) is 5.57 Å². The third kappa shape index (κ3) is 2.69. The van der Waals surface area contributed by atoms with Crippen LogP contribution in [0.5, 0.6) is 0 Å². The van der Waals surface area contributed by atoms with Crippen molar-refractivity contribution >= 4 is 11.7 Å². The van der Waals surface area contributed by atoms with Crippen molar-refractivity contribution in [3.8, 4) is 11.4 Å². The highest BCUT2D eigenvalue weighted by Crippen LogP contribution is 2.27. The summed E-state index contributed by atoms with van der Waals surface area (Å²) in [6.07, 6.45) is 2.87. The van der Waals surface area contributed by atoms with Gasteiger partial charge in [-0.1, -0.05) is 18.2 Å². The number of halogens is 1. The molecule has 0 bridgehead atoms. The number of nitrogens with zero attached hydrogens (tertiary/aromatic N) is 4. The highest BCUT2D eigenvalue weighted by Gasteiger charge is 2.19. The lowest BCUT2D eigenvalue weighted by atomic mass is 9.98. The lowest BCUT2D eigenvalue weighted by Gasteiger charge is -2.24. The van der Waals surface area contributed by atoms with Gasteiger partial charge in [0, 0.05) is 31.3 Å². The van der Waals surface area contributed by atoms with E-state index in [4.69, 9.17) is 5.11 Å². The summed E-state index contributed by atoms with van der Waals surface area (Å²) < 4.78 is 15.9. The predicted molar refractivity (Wildman–Crippen MR) is 78.6 cm³/mol. The minimum absolute atomic E-state index is 0.285. The molecule has 114 valence electrons. The van der Waals surface area contributed by atoms with Crippen molar-refractivity contribution in [3.63, 3.8) is 0 Å². The van der Waals surface area contributed by atoms with Gasteiger partial charge in [0.1, 0.15) is 12.1 Å². The van der Waals surface area contributed by atoms with Crippen molar-refractivity contribution in [3.05, 3.63) is 42.0 Å². The Balaban J connectivity index is 1.86. The van der Waals surface area contributed by atoms with Crippen LogP contribution in [-0.4, -0.2) is 44.0 Å². The molecule has 22 heavy (non-hydrogen) atoms. The number of hydrogen-bond acceptors (Lipinski definition) is 3. The Morgan fingerprint density at radius 3 is 2.77 bits per heavy atom. The van der Waals surface area contributed by atoms with Gasteiger partial charge in [-0.25, -0.2) is 14.2 Å². The zero-order valence-electron chi connectivity index (χ0n) is 12.0. The summed E-state index contributed by atoms with van der Waals surface area (Å²) in [5, 5.41) is 13.1. The SMILES string of the molecule is Cn1cnc(-c2ccc(C3=CCN(C(=O)O)CC3)c(F)c2)n1. The summed E-state index contributed by atoms with van der Waals surface area (Å²) >= 11 is 0. The van der Waals surface area contributed by atoms with Crippen molar-refractivity contribution in [1.29, 1.82) is 0 Å². The monoisotopic (exact) mass is 302 g/mol. The normalized spacial score (nSPS) is 14.8. The first-order valence-electron chi connectivity index (χ1n) is 6.87. The van der Waals surface area contributed by atoms with E-state index >= 15 is 0 Å². The Labute approximate surface area is 126 Å². The van der Waals surface area contributed by atoms with Gasteiger partial charge in [-0.3, -0.25) is 4.68 Å². The standard InChI is InChI=1S/C15H15FN4O2/c1-19-9-17-14(18-19)11-2-3-12(13(16)8-11)10-4-6-20(7-5-10)15(21)22/h2-4,8-9H,5-7H2,1H3,(H,21,22). The van der Waals surface area contributed by atoms with Crippen LogP contribution in [-0.2, 0) is 7.05 Å². The van der Waals surface area contributed by atoms with Gasteiger partial charge >= 0.3 is 6.09 Å². The summed E-state index contributed by atoms with van der Waals surface area (Å²) in [5.41, 5.74) is 1.95. The van der Waals surface area contributed by atoms with Gasteiger partial charge in [0.2, 0.25) is 0 Å². The predicted octanol–water partition coefficient (Wildman–Crippen LogP) is 2.39. The maximum Gasteiger partial charge on any atom is 0.407 e. The summed E-state index contributed by atoms with van der Waals surface area (Å²) in [6.45, 7) is 0.664. The number of carbonyl (C=O) groups is 1. The van der Waals surface area contributed by atoms with Crippen LogP contribution in [0.4, 0.5) is 9.18 Å². The van der Waals surface area contributed by atoms with Gasteiger partial charge in [-0.15, -0.1) is 0 Å². The average molecular weight is 302 g/mol. The molecule has 1 aromatic carbocycles. The first kappa shape index (κ1) is 14.2. The van der Waals surface area contributed by atoms with E-state index in [0.29, 0.717) is 29.9 Å². The second-order valence-corrected chi connectivity index (χ2v) is 5.14. The average Bonchev–Trinajstić information content (AvgIpc) is 2.94. The van der Waals surface area contributed by atoms with Crippen LogP contribution in [0.1, 0.15) is 12.0 Å². The van der Waals surface area contributed by atoms with Crippen LogP contribution in [0.3, 0.4) is 0 Å². The summed E-state index contributed by atoms with van der Waals surface area (Å²) in [7, 11) is 1.75. The Morgan fingerprint density at radius 2 is 2.23 bits per heavy atom. The molecule has 1 aromatic heterocycles. The van der Waals surface area contributed by atoms with Crippen molar-refractivity contribution < 1.29 is 14.3 Å². The number of hydrogen-bond donors (Lipinski definition) is 1. The molecule has 1 N–H and O–H groups in total. The molecular weight excluding hydrogens is 287 g/mol. The molecule has 0 saturated heterocycles. The second-order valence-electron chi connectivity index (χ2n) is 5.14. The van der Waals surface area contributed by atoms with Crippen LogP contribution in [0, 0.1) is 5.82 Å². The Bertz CT molecular complexity index is 754. The van der Waals surface area contributed by atoms with Crippen molar-refractivity contribution in [1.82, 2.24) is 19.7 Å². The molecule has 6 nitrogen and oxygen atoms in total. The number of benzene rings is 1. The molecule has 0 fully saturated rings. The lowest BCUT2D eigenvalue weighted by molar-refractivity contribution is 0.150. The Kier molecular flexibility index (Phi) is 3.62. The van der Waals surface area contributed by atoms with E-state index in [1.165, 1.54) is 11.0 Å². The van der Waals surface area contributed by atoms with Crippen LogP contribution in [0.2, 0.25) is 0 Å². The number of aromatic nitrogens is 3. The van der Waals surface area contributed by atoms with E-state index in [9.17, 15) is 9.18 Å². The number of aryl methyl sites for hydroxylation is 1. The smallest absolute Gasteiger partial charge is 0.407 e. The molecule has 0 atom stereocenters. The largest absolute Gasteiger partial charge is 0.465 e. The fraction of sp³-hybridized carbons (Fsp3) is 0.267. The minimum atomic E-state index is -0.952. The zero-order chi connectivity index (χ0) is 15.7. The van der Waals surface area contributed by atoms with Crippen molar-refractivity contribution in [2.75, 3.05) is 13.1 Å². The van der Waals surface area contributed by atoms with E-state index in [1.54, 1.807) is 36.3 Å². The minimum Gasteiger partial charge on any atom is -0.465 e. The number of rotatable bonds is 2. The fourth-order valence-corrected chi connectivity index (χ4v) is 2.47. The maximum atomic E-state index is 14.3. The van der Waals surface area contributed by atoms with Gasteiger partial charge < -0.3 is 10.0 Å². The van der Waals surface area contributed by atoms with Gasteiger partial charge in [0.15, 0.2) is 5.82 Å².